The van der Waals surface area contributed by atoms with E-state index in [4.69, 9.17) is 4.74 Å². The largest absolute Gasteiger partial charge is 0.497 e. The lowest BCUT2D eigenvalue weighted by molar-refractivity contribution is -0.387. The lowest BCUT2D eigenvalue weighted by Gasteiger charge is -2.36. The van der Waals surface area contributed by atoms with Crippen LogP contribution >= 0.6 is 11.8 Å². The zero-order valence-electron chi connectivity index (χ0n) is 18.6. The number of piperazine rings is 1. The fourth-order valence-corrected chi connectivity index (χ4v) is 4.79. The molecule has 1 aliphatic rings. The number of nitrogens with zero attached hydrogens (tertiary/aromatic N) is 3. The number of halogens is 1. The summed E-state index contributed by atoms with van der Waals surface area (Å²) in [5.74, 6) is 0.607. The first kappa shape index (κ1) is 23.6. The van der Waals surface area contributed by atoms with Gasteiger partial charge in [0.15, 0.2) is 0 Å². The molecule has 0 spiro atoms. The molecule has 7 nitrogen and oxygen atoms in total. The molecule has 1 saturated heterocycles. The first-order chi connectivity index (χ1) is 16.4. The highest BCUT2D eigenvalue weighted by molar-refractivity contribution is 7.98. The van der Waals surface area contributed by atoms with Crippen LogP contribution in [0, 0.1) is 15.9 Å². The molecule has 0 N–H and O–H groups in total. The van der Waals surface area contributed by atoms with Crippen molar-refractivity contribution in [2.75, 3.05) is 38.2 Å². The predicted molar refractivity (Wildman–Crippen MR) is 130 cm³/mol. The number of carbonyl (C=O) groups excluding carboxylic acids is 1. The fraction of sp³-hybridized carbons (Fsp3) is 0.240. The van der Waals surface area contributed by atoms with Crippen LogP contribution in [0.4, 0.5) is 15.8 Å². The number of amides is 1. The molecule has 4 rings (SSSR count). The number of nitro groups is 1. The summed E-state index contributed by atoms with van der Waals surface area (Å²) in [5, 5.41) is 11.7. The van der Waals surface area contributed by atoms with Gasteiger partial charge in [-0.3, -0.25) is 14.9 Å². The van der Waals surface area contributed by atoms with Crippen LogP contribution in [0.25, 0.3) is 0 Å². The van der Waals surface area contributed by atoms with Gasteiger partial charge in [-0.2, -0.15) is 0 Å². The Kier molecular flexibility index (Phi) is 7.32. The maximum atomic E-state index is 13.4. The number of nitro benzene ring substituents is 1. The van der Waals surface area contributed by atoms with Crippen molar-refractivity contribution in [3.8, 4) is 5.75 Å². The molecule has 34 heavy (non-hydrogen) atoms. The average molecular weight is 482 g/mol. The molecule has 1 heterocycles. The summed E-state index contributed by atoms with van der Waals surface area (Å²) in [6.07, 6.45) is 0. The van der Waals surface area contributed by atoms with Gasteiger partial charge >= 0.3 is 0 Å². The van der Waals surface area contributed by atoms with Gasteiger partial charge in [-0.1, -0.05) is 12.1 Å². The van der Waals surface area contributed by atoms with Crippen LogP contribution in [-0.2, 0) is 5.75 Å². The molecule has 0 unspecified atom stereocenters. The number of benzene rings is 3. The second-order valence-corrected chi connectivity index (χ2v) is 8.85. The van der Waals surface area contributed by atoms with E-state index in [1.807, 2.05) is 24.3 Å². The minimum absolute atomic E-state index is 0.121. The SMILES string of the molecule is COc1ccc(N2CCN(C(=O)c3ccc(SCc4cccc(F)c4)c([N+](=O)[O-])c3)CC2)cc1. The third-order valence-corrected chi connectivity index (χ3v) is 6.82. The van der Waals surface area contributed by atoms with Crippen molar-refractivity contribution in [1.82, 2.24) is 4.90 Å². The molecular weight excluding hydrogens is 457 g/mol. The normalized spacial score (nSPS) is 13.6. The third kappa shape index (κ3) is 5.48. The van der Waals surface area contributed by atoms with Crippen molar-refractivity contribution in [2.45, 2.75) is 10.6 Å². The summed E-state index contributed by atoms with van der Waals surface area (Å²) in [5.41, 5.74) is 1.96. The van der Waals surface area contributed by atoms with Crippen LogP contribution in [0.3, 0.4) is 0 Å². The highest BCUT2D eigenvalue weighted by Crippen LogP contribution is 2.33. The van der Waals surface area contributed by atoms with Crippen molar-refractivity contribution in [3.05, 3.63) is 93.8 Å². The topological polar surface area (TPSA) is 75.9 Å². The summed E-state index contributed by atoms with van der Waals surface area (Å²) in [6, 6.07) is 18.5. The number of hydrogen-bond donors (Lipinski definition) is 0. The molecule has 3 aromatic carbocycles. The molecule has 9 heteroatoms. The Hall–Kier alpha value is -3.59. The van der Waals surface area contributed by atoms with Crippen molar-refractivity contribution < 1.29 is 18.8 Å². The number of carbonyl (C=O) groups is 1. The Balaban J connectivity index is 1.41. The standard InChI is InChI=1S/C25H24FN3O4S/c1-33-22-8-6-21(7-9-22)27-11-13-28(14-12-27)25(30)19-5-10-24(23(16-19)29(31)32)34-17-18-3-2-4-20(26)15-18/h2-10,15-16H,11-14,17H2,1H3. The molecular formula is C25H24FN3O4S. The Morgan fingerprint density at radius 3 is 2.44 bits per heavy atom. The van der Waals surface area contributed by atoms with E-state index < -0.39 is 4.92 Å². The number of rotatable bonds is 7. The molecule has 0 saturated carbocycles. The minimum atomic E-state index is -0.480. The lowest BCUT2D eigenvalue weighted by atomic mass is 10.1. The first-order valence-electron chi connectivity index (χ1n) is 10.8. The number of thioether (sulfide) groups is 1. The lowest BCUT2D eigenvalue weighted by Crippen LogP contribution is -2.48. The van der Waals surface area contributed by atoms with Gasteiger partial charge in [-0.15, -0.1) is 11.8 Å². The van der Waals surface area contributed by atoms with Crippen LogP contribution < -0.4 is 9.64 Å². The van der Waals surface area contributed by atoms with Crippen molar-refractivity contribution in [3.63, 3.8) is 0 Å². The molecule has 1 amide bonds. The number of anilines is 1. The van der Waals surface area contributed by atoms with E-state index in [1.54, 1.807) is 36.3 Å². The Morgan fingerprint density at radius 1 is 1.06 bits per heavy atom. The summed E-state index contributed by atoms with van der Waals surface area (Å²) in [7, 11) is 1.62. The monoisotopic (exact) mass is 481 g/mol. The van der Waals surface area contributed by atoms with Crippen LogP contribution in [-0.4, -0.2) is 49.0 Å². The van der Waals surface area contributed by atoms with E-state index in [2.05, 4.69) is 4.90 Å². The van der Waals surface area contributed by atoms with E-state index in [0.29, 0.717) is 42.4 Å². The van der Waals surface area contributed by atoms with Crippen LogP contribution in [0.2, 0.25) is 0 Å². The van der Waals surface area contributed by atoms with E-state index in [9.17, 15) is 19.3 Å². The van der Waals surface area contributed by atoms with Gasteiger partial charge in [0.05, 0.1) is 16.9 Å². The number of methoxy groups -OCH3 is 1. The van der Waals surface area contributed by atoms with Gasteiger partial charge in [-0.05, 0) is 54.1 Å². The number of hydrogen-bond acceptors (Lipinski definition) is 6. The van der Waals surface area contributed by atoms with Crippen molar-refractivity contribution in [2.24, 2.45) is 0 Å². The summed E-state index contributed by atoms with van der Waals surface area (Å²) >= 11 is 1.24. The molecule has 0 aromatic heterocycles. The summed E-state index contributed by atoms with van der Waals surface area (Å²) in [6.45, 7) is 2.38. The molecule has 0 aliphatic carbocycles. The first-order valence-corrected chi connectivity index (χ1v) is 11.8. The molecule has 1 aliphatic heterocycles. The van der Waals surface area contributed by atoms with E-state index in [0.717, 1.165) is 17.0 Å². The third-order valence-electron chi connectivity index (χ3n) is 5.69. The Morgan fingerprint density at radius 2 is 1.79 bits per heavy atom. The van der Waals surface area contributed by atoms with Gasteiger partial charge in [0.1, 0.15) is 11.6 Å². The van der Waals surface area contributed by atoms with Crippen molar-refractivity contribution >= 4 is 29.0 Å². The van der Waals surface area contributed by atoms with Crippen LogP contribution in [0.1, 0.15) is 15.9 Å². The smallest absolute Gasteiger partial charge is 0.283 e. The Labute approximate surface area is 201 Å². The predicted octanol–water partition coefficient (Wildman–Crippen LogP) is 5.00. The molecule has 0 bridgehead atoms. The van der Waals surface area contributed by atoms with Gasteiger partial charge in [-0.25, -0.2) is 4.39 Å². The quantitative estimate of drug-likeness (QED) is 0.269. The minimum Gasteiger partial charge on any atom is -0.497 e. The van der Waals surface area contributed by atoms with E-state index in [1.165, 1.54) is 30.0 Å². The zero-order chi connectivity index (χ0) is 24.1. The van der Waals surface area contributed by atoms with Crippen molar-refractivity contribution in [1.29, 1.82) is 0 Å². The molecule has 176 valence electrons. The maximum Gasteiger partial charge on any atom is 0.283 e. The van der Waals surface area contributed by atoms with Gasteiger partial charge < -0.3 is 14.5 Å². The molecule has 0 atom stereocenters. The molecule has 0 radical (unpaired) electrons. The number of ether oxygens (including phenoxy) is 1. The highest BCUT2D eigenvalue weighted by Gasteiger charge is 2.25. The van der Waals surface area contributed by atoms with E-state index in [-0.39, 0.29) is 17.4 Å². The summed E-state index contributed by atoms with van der Waals surface area (Å²) in [4.78, 5) is 28.6. The van der Waals surface area contributed by atoms with Gasteiger partial charge in [0, 0.05) is 49.2 Å². The average Bonchev–Trinajstić information content (AvgIpc) is 2.87. The summed E-state index contributed by atoms with van der Waals surface area (Å²) < 4.78 is 18.6. The van der Waals surface area contributed by atoms with Gasteiger partial charge in [0.2, 0.25) is 0 Å². The fourth-order valence-electron chi connectivity index (χ4n) is 3.85. The zero-order valence-corrected chi connectivity index (χ0v) is 19.5. The van der Waals surface area contributed by atoms with Gasteiger partial charge in [0.25, 0.3) is 11.6 Å². The van der Waals surface area contributed by atoms with Crippen LogP contribution in [0.15, 0.2) is 71.6 Å². The maximum absolute atomic E-state index is 13.4. The Bertz CT molecular complexity index is 1180. The highest BCUT2D eigenvalue weighted by atomic mass is 32.2. The second-order valence-electron chi connectivity index (χ2n) is 7.84. The van der Waals surface area contributed by atoms with E-state index >= 15 is 0 Å². The molecule has 3 aromatic rings. The van der Waals surface area contributed by atoms with Crippen LogP contribution in [0.5, 0.6) is 5.75 Å². The second kappa shape index (κ2) is 10.6. The molecule has 1 fully saturated rings.